The van der Waals surface area contributed by atoms with Gasteiger partial charge in [0.05, 0.1) is 26.9 Å². The highest BCUT2D eigenvalue weighted by atomic mass is 16.5. The van der Waals surface area contributed by atoms with E-state index in [4.69, 9.17) is 23.7 Å². The molecule has 1 N–H and O–H groups in total. The topological polar surface area (TPSA) is 92.3 Å². The third-order valence-corrected chi connectivity index (χ3v) is 5.08. The van der Waals surface area contributed by atoms with Gasteiger partial charge in [-0.05, 0) is 36.4 Å². The molecular weight excluding hydrogens is 438 g/mol. The van der Waals surface area contributed by atoms with Crippen LogP contribution < -0.4 is 29.0 Å². The Hall–Kier alpha value is -4.46. The highest BCUT2D eigenvalue weighted by Crippen LogP contribution is 2.37. The molecular formula is C26H23NO7. The van der Waals surface area contributed by atoms with Crippen LogP contribution in [0.1, 0.15) is 15.9 Å². The number of Topliss-reactive ketones (excluding diaryl/α,β-unsaturated/α-hetero) is 1. The standard InChI is InChI=1S/C26H23NO7/c1-30-18-8-5-7-17(13-18)27-24(28)15-33-19-10-11-20-22(14-19)34-23(25(20)29)12-16-6-4-9-21(31-2)26(16)32-3/h4-14H,15H2,1-3H3,(H,27,28). The molecule has 1 aliphatic rings. The van der Waals surface area contributed by atoms with Crippen molar-refractivity contribution in [2.24, 2.45) is 0 Å². The SMILES string of the molecule is COc1cccc(NC(=O)COc2ccc3c(c2)OC(=Cc2cccc(OC)c2OC)C3=O)c1. The van der Waals surface area contributed by atoms with Crippen molar-refractivity contribution < 1.29 is 33.3 Å². The number of benzene rings is 3. The number of hydrogen-bond acceptors (Lipinski definition) is 7. The molecule has 0 fully saturated rings. The second-order valence-corrected chi connectivity index (χ2v) is 7.25. The molecule has 4 rings (SSSR count). The first kappa shape index (κ1) is 22.7. The van der Waals surface area contributed by atoms with Gasteiger partial charge in [-0.3, -0.25) is 9.59 Å². The van der Waals surface area contributed by atoms with Gasteiger partial charge in [-0.2, -0.15) is 0 Å². The Morgan fingerprint density at radius 2 is 1.76 bits per heavy atom. The third kappa shape index (κ3) is 4.80. The first-order chi connectivity index (χ1) is 16.5. The van der Waals surface area contributed by atoms with Crippen molar-refractivity contribution in [1.82, 2.24) is 0 Å². The third-order valence-electron chi connectivity index (χ3n) is 5.08. The van der Waals surface area contributed by atoms with Crippen molar-refractivity contribution in [3.05, 3.63) is 77.5 Å². The molecule has 3 aromatic carbocycles. The first-order valence-corrected chi connectivity index (χ1v) is 10.4. The molecule has 34 heavy (non-hydrogen) atoms. The summed E-state index contributed by atoms with van der Waals surface area (Å²) in [6, 6.07) is 17.2. The number of carbonyl (C=O) groups is 2. The fourth-order valence-corrected chi connectivity index (χ4v) is 3.47. The smallest absolute Gasteiger partial charge is 0.262 e. The zero-order chi connectivity index (χ0) is 24.1. The molecule has 0 radical (unpaired) electrons. The minimum atomic E-state index is -0.337. The number of anilines is 1. The number of amides is 1. The van der Waals surface area contributed by atoms with E-state index in [1.54, 1.807) is 81.0 Å². The number of fused-ring (bicyclic) bond motifs is 1. The number of carbonyl (C=O) groups excluding carboxylic acids is 2. The van der Waals surface area contributed by atoms with Gasteiger partial charge in [0.25, 0.3) is 5.91 Å². The van der Waals surface area contributed by atoms with Crippen LogP contribution in [0.25, 0.3) is 6.08 Å². The molecule has 1 amide bonds. The maximum atomic E-state index is 12.8. The van der Waals surface area contributed by atoms with Gasteiger partial charge in [-0.15, -0.1) is 0 Å². The fourth-order valence-electron chi connectivity index (χ4n) is 3.47. The van der Waals surface area contributed by atoms with E-state index in [1.165, 1.54) is 7.11 Å². The van der Waals surface area contributed by atoms with E-state index in [1.807, 2.05) is 0 Å². The van der Waals surface area contributed by atoms with Crippen LogP contribution in [0.3, 0.4) is 0 Å². The molecule has 0 spiro atoms. The van der Waals surface area contributed by atoms with E-state index in [9.17, 15) is 9.59 Å². The lowest BCUT2D eigenvalue weighted by Crippen LogP contribution is -2.20. The Kier molecular flexibility index (Phi) is 6.68. The van der Waals surface area contributed by atoms with Crippen LogP contribution in [-0.4, -0.2) is 39.6 Å². The van der Waals surface area contributed by atoms with Crippen LogP contribution in [-0.2, 0) is 4.79 Å². The molecule has 0 saturated carbocycles. The zero-order valence-electron chi connectivity index (χ0n) is 18.9. The highest BCUT2D eigenvalue weighted by molar-refractivity contribution is 6.14. The molecule has 0 bridgehead atoms. The second-order valence-electron chi connectivity index (χ2n) is 7.25. The van der Waals surface area contributed by atoms with E-state index in [0.29, 0.717) is 45.6 Å². The van der Waals surface area contributed by atoms with Gasteiger partial charge >= 0.3 is 0 Å². The van der Waals surface area contributed by atoms with Crippen molar-refractivity contribution in [1.29, 1.82) is 0 Å². The number of allylic oxidation sites excluding steroid dienone is 1. The highest BCUT2D eigenvalue weighted by Gasteiger charge is 2.28. The van der Waals surface area contributed by atoms with Crippen LogP contribution in [0.4, 0.5) is 5.69 Å². The van der Waals surface area contributed by atoms with Gasteiger partial charge in [0.1, 0.15) is 17.2 Å². The van der Waals surface area contributed by atoms with Crippen LogP contribution >= 0.6 is 0 Å². The quantitative estimate of drug-likeness (QED) is 0.499. The average molecular weight is 461 g/mol. The van der Waals surface area contributed by atoms with Gasteiger partial charge in [-0.1, -0.05) is 18.2 Å². The summed E-state index contributed by atoms with van der Waals surface area (Å²) in [7, 11) is 4.62. The Morgan fingerprint density at radius 3 is 2.53 bits per heavy atom. The molecule has 8 heteroatoms. The number of nitrogens with one attached hydrogen (secondary N) is 1. The maximum absolute atomic E-state index is 12.8. The average Bonchev–Trinajstić information content (AvgIpc) is 3.16. The number of methoxy groups -OCH3 is 3. The summed E-state index contributed by atoms with van der Waals surface area (Å²) in [5.74, 6) is 1.97. The first-order valence-electron chi connectivity index (χ1n) is 10.4. The molecule has 0 aromatic heterocycles. The summed E-state index contributed by atoms with van der Waals surface area (Å²) in [6.45, 7) is -0.215. The van der Waals surface area contributed by atoms with Gasteiger partial charge in [0.15, 0.2) is 23.9 Å². The van der Waals surface area contributed by atoms with E-state index in [-0.39, 0.29) is 24.1 Å². The number of ketones is 1. The van der Waals surface area contributed by atoms with E-state index < -0.39 is 0 Å². The van der Waals surface area contributed by atoms with Crippen molar-refractivity contribution in [3.8, 4) is 28.7 Å². The summed E-state index contributed by atoms with van der Waals surface area (Å²) >= 11 is 0. The van der Waals surface area contributed by atoms with Crippen molar-refractivity contribution >= 4 is 23.5 Å². The molecule has 0 aliphatic carbocycles. The Labute approximate surface area is 196 Å². The van der Waals surface area contributed by atoms with Gasteiger partial charge in [0, 0.05) is 23.4 Å². The zero-order valence-corrected chi connectivity index (χ0v) is 18.9. The van der Waals surface area contributed by atoms with E-state index in [2.05, 4.69) is 5.32 Å². The van der Waals surface area contributed by atoms with Gasteiger partial charge < -0.3 is 29.0 Å². The largest absolute Gasteiger partial charge is 0.497 e. The minimum absolute atomic E-state index is 0.148. The summed E-state index contributed by atoms with van der Waals surface area (Å²) in [5.41, 5.74) is 1.64. The minimum Gasteiger partial charge on any atom is -0.497 e. The molecule has 3 aromatic rings. The number of ether oxygens (including phenoxy) is 5. The van der Waals surface area contributed by atoms with Crippen LogP contribution in [0.2, 0.25) is 0 Å². The lowest BCUT2D eigenvalue weighted by atomic mass is 10.1. The number of para-hydroxylation sites is 1. The molecule has 8 nitrogen and oxygen atoms in total. The normalized spacial score (nSPS) is 13.1. The molecule has 0 saturated heterocycles. The van der Waals surface area contributed by atoms with Crippen molar-refractivity contribution in [2.45, 2.75) is 0 Å². The van der Waals surface area contributed by atoms with E-state index in [0.717, 1.165) is 0 Å². The summed E-state index contributed by atoms with van der Waals surface area (Å²) < 4.78 is 27.2. The Bertz CT molecular complexity index is 1270. The predicted octanol–water partition coefficient (Wildman–Crippen LogP) is 4.35. The number of hydrogen-bond donors (Lipinski definition) is 1. The number of rotatable bonds is 8. The summed E-state index contributed by atoms with van der Waals surface area (Å²) in [4.78, 5) is 25.1. The summed E-state index contributed by atoms with van der Waals surface area (Å²) in [6.07, 6.45) is 1.60. The molecule has 0 atom stereocenters. The van der Waals surface area contributed by atoms with E-state index >= 15 is 0 Å². The Morgan fingerprint density at radius 1 is 0.941 bits per heavy atom. The van der Waals surface area contributed by atoms with Crippen LogP contribution in [0.5, 0.6) is 28.7 Å². The van der Waals surface area contributed by atoms with Crippen LogP contribution in [0.15, 0.2) is 66.4 Å². The van der Waals surface area contributed by atoms with Crippen molar-refractivity contribution in [3.63, 3.8) is 0 Å². The van der Waals surface area contributed by atoms with Crippen LogP contribution in [0, 0.1) is 0 Å². The fraction of sp³-hybridized carbons (Fsp3) is 0.154. The lowest BCUT2D eigenvalue weighted by molar-refractivity contribution is -0.118. The lowest BCUT2D eigenvalue weighted by Gasteiger charge is -2.10. The molecule has 0 unspecified atom stereocenters. The van der Waals surface area contributed by atoms with Crippen molar-refractivity contribution in [2.75, 3.05) is 33.3 Å². The molecule has 1 aliphatic heterocycles. The molecule has 174 valence electrons. The predicted molar refractivity (Wildman–Crippen MR) is 126 cm³/mol. The summed E-state index contributed by atoms with van der Waals surface area (Å²) in [5, 5.41) is 2.74. The molecule has 1 heterocycles. The van der Waals surface area contributed by atoms with Gasteiger partial charge in [-0.25, -0.2) is 0 Å². The Balaban J connectivity index is 1.44. The second kappa shape index (κ2) is 9.99. The van der Waals surface area contributed by atoms with Gasteiger partial charge in [0.2, 0.25) is 5.78 Å². The maximum Gasteiger partial charge on any atom is 0.262 e. The monoisotopic (exact) mass is 461 g/mol.